The summed E-state index contributed by atoms with van der Waals surface area (Å²) in [6, 6.07) is 0. The van der Waals surface area contributed by atoms with Crippen LogP contribution in [0, 0.1) is 11.3 Å². The smallest absolute Gasteiger partial charge is 0.312 e. The van der Waals surface area contributed by atoms with Gasteiger partial charge in [0.05, 0.1) is 25.0 Å². The van der Waals surface area contributed by atoms with Crippen LogP contribution in [-0.4, -0.2) is 25.2 Å². The summed E-state index contributed by atoms with van der Waals surface area (Å²) in [7, 11) is 0. The van der Waals surface area contributed by atoms with Crippen LogP contribution in [0.5, 0.6) is 0 Å². The molecule has 24 heavy (non-hydrogen) atoms. The molecular formula is C20H38O4. The van der Waals surface area contributed by atoms with Gasteiger partial charge < -0.3 is 9.47 Å². The normalized spacial score (nSPS) is 13.6. The monoisotopic (exact) mass is 342 g/mol. The SMILES string of the molecule is CCCCCOC(=O)CC(CC)(CC(C)C)C(=O)OCCCCC. The van der Waals surface area contributed by atoms with Crippen molar-refractivity contribution < 1.29 is 19.1 Å². The Balaban J connectivity index is 4.73. The molecule has 0 aromatic carbocycles. The van der Waals surface area contributed by atoms with Gasteiger partial charge in [-0.3, -0.25) is 9.59 Å². The standard InChI is InChI=1S/C20H38O4/c1-6-9-11-13-23-18(21)16-20(8-3,15-17(4)5)19(22)24-14-12-10-7-2/h17H,6-16H2,1-5H3. The van der Waals surface area contributed by atoms with E-state index in [1.807, 2.05) is 6.92 Å². The predicted molar refractivity (Wildman–Crippen MR) is 97.8 cm³/mol. The molecule has 0 radical (unpaired) electrons. The highest BCUT2D eigenvalue weighted by molar-refractivity contribution is 5.83. The molecule has 0 rings (SSSR count). The summed E-state index contributed by atoms with van der Waals surface area (Å²) in [6.45, 7) is 11.2. The molecule has 0 aliphatic heterocycles. The molecule has 0 saturated carbocycles. The van der Waals surface area contributed by atoms with E-state index in [2.05, 4.69) is 27.7 Å². The molecule has 0 N–H and O–H groups in total. The molecule has 0 aromatic heterocycles. The van der Waals surface area contributed by atoms with Crippen LogP contribution in [0.2, 0.25) is 0 Å². The zero-order chi connectivity index (χ0) is 18.4. The van der Waals surface area contributed by atoms with Gasteiger partial charge in [-0.25, -0.2) is 0 Å². The van der Waals surface area contributed by atoms with Gasteiger partial charge in [-0.1, -0.05) is 60.3 Å². The number of hydrogen-bond donors (Lipinski definition) is 0. The van der Waals surface area contributed by atoms with Crippen molar-refractivity contribution in [3.8, 4) is 0 Å². The van der Waals surface area contributed by atoms with Crippen molar-refractivity contribution in [1.82, 2.24) is 0 Å². The van der Waals surface area contributed by atoms with Gasteiger partial charge in [0.25, 0.3) is 0 Å². The second-order valence-corrected chi connectivity index (χ2v) is 7.18. The molecule has 1 unspecified atom stereocenters. The summed E-state index contributed by atoms with van der Waals surface area (Å²) in [5.74, 6) is -0.194. The Bertz CT molecular complexity index is 352. The molecule has 0 fully saturated rings. The number of rotatable bonds is 14. The lowest BCUT2D eigenvalue weighted by Gasteiger charge is -2.31. The molecule has 4 heteroatoms. The van der Waals surface area contributed by atoms with Crippen LogP contribution in [0.3, 0.4) is 0 Å². The summed E-state index contributed by atoms with van der Waals surface area (Å²) in [6.07, 6.45) is 7.43. The fraction of sp³-hybridized carbons (Fsp3) is 0.900. The average Bonchev–Trinajstić information content (AvgIpc) is 2.54. The lowest BCUT2D eigenvalue weighted by atomic mass is 9.75. The molecule has 1 atom stereocenters. The molecule has 0 heterocycles. The van der Waals surface area contributed by atoms with E-state index in [1.165, 1.54) is 0 Å². The van der Waals surface area contributed by atoms with Gasteiger partial charge in [-0.05, 0) is 31.6 Å². The van der Waals surface area contributed by atoms with E-state index in [9.17, 15) is 9.59 Å². The number of carbonyl (C=O) groups is 2. The van der Waals surface area contributed by atoms with Crippen LogP contribution >= 0.6 is 0 Å². The molecule has 0 aromatic rings. The van der Waals surface area contributed by atoms with Crippen LogP contribution in [0.1, 0.15) is 92.4 Å². The maximum absolute atomic E-state index is 12.7. The molecule has 0 aliphatic carbocycles. The van der Waals surface area contributed by atoms with Crippen molar-refractivity contribution in [2.75, 3.05) is 13.2 Å². The zero-order valence-corrected chi connectivity index (χ0v) is 16.5. The summed E-state index contributed by atoms with van der Waals surface area (Å²) < 4.78 is 10.8. The van der Waals surface area contributed by atoms with Crippen molar-refractivity contribution in [2.45, 2.75) is 92.4 Å². The third-order valence-electron chi connectivity index (χ3n) is 4.38. The summed E-state index contributed by atoms with van der Waals surface area (Å²) in [5.41, 5.74) is -0.748. The summed E-state index contributed by atoms with van der Waals surface area (Å²) >= 11 is 0. The van der Waals surface area contributed by atoms with Gasteiger partial charge in [0, 0.05) is 0 Å². The van der Waals surface area contributed by atoms with E-state index in [0.717, 1.165) is 38.5 Å². The Labute approximate surface area is 148 Å². The van der Waals surface area contributed by atoms with Crippen molar-refractivity contribution >= 4 is 11.9 Å². The summed E-state index contributed by atoms with van der Waals surface area (Å²) in [4.78, 5) is 24.9. The Kier molecular flexibility index (Phi) is 12.7. The van der Waals surface area contributed by atoms with Crippen molar-refractivity contribution in [3.63, 3.8) is 0 Å². The maximum atomic E-state index is 12.7. The number of unbranched alkanes of at least 4 members (excludes halogenated alkanes) is 4. The van der Waals surface area contributed by atoms with Gasteiger partial charge in [0.1, 0.15) is 0 Å². The van der Waals surface area contributed by atoms with Crippen molar-refractivity contribution in [3.05, 3.63) is 0 Å². The highest BCUT2D eigenvalue weighted by Gasteiger charge is 2.41. The topological polar surface area (TPSA) is 52.6 Å². The van der Waals surface area contributed by atoms with Crippen LogP contribution < -0.4 is 0 Å². The van der Waals surface area contributed by atoms with Crippen LogP contribution in [0.4, 0.5) is 0 Å². The minimum Gasteiger partial charge on any atom is -0.466 e. The molecule has 0 bridgehead atoms. The van der Waals surface area contributed by atoms with E-state index in [1.54, 1.807) is 0 Å². The quantitative estimate of drug-likeness (QED) is 0.318. The van der Waals surface area contributed by atoms with Gasteiger partial charge >= 0.3 is 11.9 Å². The Hall–Kier alpha value is -1.06. The number of esters is 2. The Morgan fingerprint density at radius 2 is 1.42 bits per heavy atom. The molecule has 0 spiro atoms. The molecule has 0 aliphatic rings. The first kappa shape index (κ1) is 22.9. The molecule has 142 valence electrons. The summed E-state index contributed by atoms with van der Waals surface area (Å²) in [5, 5.41) is 0. The van der Waals surface area contributed by atoms with E-state index < -0.39 is 5.41 Å². The van der Waals surface area contributed by atoms with E-state index in [-0.39, 0.29) is 18.4 Å². The zero-order valence-electron chi connectivity index (χ0n) is 16.5. The fourth-order valence-electron chi connectivity index (χ4n) is 2.96. The number of hydrogen-bond acceptors (Lipinski definition) is 4. The minimum absolute atomic E-state index is 0.125. The van der Waals surface area contributed by atoms with E-state index >= 15 is 0 Å². The molecule has 4 nitrogen and oxygen atoms in total. The van der Waals surface area contributed by atoms with Crippen molar-refractivity contribution in [1.29, 1.82) is 0 Å². The second kappa shape index (κ2) is 13.3. The number of ether oxygens (including phenoxy) is 2. The molecule has 0 saturated heterocycles. The first-order valence-electron chi connectivity index (χ1n) is 9.74. The lowest BCUT2D eigenvalue weighted by Crippen LogP contribution is -2.37. The van der Waals surface area contributed by atoms with Gasteiger partial charge in [0.15, 0.2) is 0 Å². The molecular weight excluding hydrogens is 304 g/mol. The fourth-order valence-corrected chi connectivity index (χ4v) is 2.96. The third kappa shape index (κ3) is 9.29. The van der Waals surface area contributed by atoms with Gasteiger partial charge in [-0.15, -0.1) is 0 Å². The lowest BCUT2D eigenvalue weighted by molar-refractivity contribution is -0.164. The van der Waals surface area contributed by atoms with Crippen LogP contribution in [0.15, 0.2) is 0 Å². The maximum Gasteiger partial charge on any atom is 0.312 e. The largest absolute Gasteiger partial charge is 0.466 e. The highest BCUT2D eigenvalue weighted by Crippen LogP contribution is 2.36. The second-order valence-electron chi connectivity index (χ2n) is 7.18. The number of carbonyl (C=O) groups excluding carboxylic acids is 2. The van der Waals surface area contributed by atoms with Gasteiger partial charge in [0.2, 0.25) is 0 Å². The van der Waals surface area contributed by atoms with Crippen LogP contribution in [-0.2, 0) is 19.1 Å². The first-order valence-corrected chi connectivity index (χ1v) is 9.74. The highest BCUT2D eigenvalue weighted by atomic mass is 16.5. The Morgan fingerprint density at radius 1 is 0.875 bits per heavy atom. The van der Waals surface area contributed by atoms with E-state index in [0.29, 0.717) is 32.0 Å². The third-order valence-corrected chi connectivity index (χ3v) is 4.38. The predicted octanol–water partition coefficient (Wildman–Crippen LogP) is 5.29. The van der Waals surface area contributed by atoms with Gasteiger partial charge in [-0.2, -0.15) is 0 Å². The average molecular weight is 343 g/mol. The molecule has 0 amide bonds. The minimum atomic E-state index is -0.748. The first-order chi connectivity index (χ1) is 11.4. The van der Waals surface area contributed by atoms with Crippen LogP contribution in [0.25, 0.3) is 0 Å². The Morgan fingerprint density at radius 3 is 1.88 bits per heavy atom. The van der Waals surface area contributed by atoms with E-state index in [4.69, 9.17) is 9.47 Å². The van der Waals surface area contributed by atoms with Crippen molar-refractivity contribution in [2.24, 2.45) is 11.3 Å².